The number of rotatable bonds is 15. The molecule has 0 unspecified atom stereocenters. The monoisotopic (exact) mass is 694 g/mol. The van der Waals surface area contributed by atoms with Gasteiger partial charge in [0.15, 0.2) is 36.5 Å². The zero-order valence-corrected chi connectivity index (χ0v) is 28.1. The van der Waals surface area contributed by atoms with Crippen LogP contribution in [0, 0.1) is 0 Å². The number of carbonyl (C=O) groups is 6. The van der Waals surface area contributed by atoms with Gasteiger partial charge in [0.2, 0.25) is 23.6 Å². The summed E-state index contributed by atoms with van der Waals surface area (Å²) in [7, 11) is 5.99. The predicted octanol–water partition coefficient (Wildman–Crippen LogP) is 0.791. The van der Waals surface area contributed by atoms with Gasteiger partial charge < -0.3 is 28.4 Å². The minimum Gasteiger partial charge on any atom is -0.493 e. The molecule has 2 aliphatic rings. The minimum atomic E-state index is -0.753. The molecule has 4 amide bonds. The summed E-state index contributed by atoms with van der Waals surface area (Å²) in [6, 6.07) is 10.1. The van der Waals surface area contributed by atoms with Crippen LogP contribution >= 0.6 is 0 Å². The summed E-state index contributed by atoms with van der Waals surface area (Å²) in [5.41, 5.74) is 1.29. The van der Waals surface area contributed by atoms with Crippen LogP contribution in [0.25, 0.3) is 12.2 Å². The van der Waals surface area contributed by atoms with E-state index < -0.39 is 49.0 Å². The van der Waals surface area contributed by atoms with Gasteiger partial charge in [-0.15, -0.1) is 0 Å². The number of carbonyl (C=O) groups excluding carboxylic acids is 6. The zero-order valence-electron chi connectivity index (χ0n) is 28.1. The number of methoxy groups -OCH3 is 4. The molecule has 2 aliphatic heterocycles. The van der Waals surface area contributed by atoms with Crippen LogP contribution in [0.1, 0.15) is 11.1 Å². The van der Waals surface area contributed by atoms with Gasteiger partial charge in [0, 0.05) is 25.2 Å². The van der Waals surface area contributed by atoms with Crippen molar-refractivity contribution in [3.8, 4) is 23.0 Å². The molecule has 4 rings (SSSR count). The van der Waals surface area contributed by atoms with Crippen molar-refractivity contribution < 1.29 is 57.2 Å². The maximum atomic E-state index is 12.7. The van der Waals surface area contributed by atoms with E-state index in [1.807, 2.05) is 0 Å². The lowest BCUT2D eigenvalue weighted by molar-refractivity contribution is -0.165. The summed E-state index contributed by atoms with van der Waals surface area (Å²) >= 11 is 0. The maximum absolute atomic E-state index is 12.7. The Morgan fingerprint density at radius 2 is 0.900 bits per heavy atom. The normalized spacial score (nSPS) is 15.9. The molecule has 0 aromatic heterocycles. The Hall–Kier alpha value is -5.74. The topological polar surface area (TPSA) is 171 Å². The van der Waals surface area contributed by atoms with E-state index in [-0.39, 0.29) is 39.3 Å². The molecule has 2 aromatic rings. The maximum Gasteiger partial charge on any atom is 0.332 e. The lowest BCUT2D eigenvalue weighted by Gasteiger charge is -2.35. The molecule has 266 valence electrons. The molecule has 2 heterocycles. The zero-order chi connectivity index (χ0) is 36.2. The number of hydrogen-bond acceptors (Lipinski definition) is 14. The molecule has 0 spiro atoms. The Morgan fingerprint density at radius 3 is 1.22 bits per heavy atom. The Labute approximate surface area is 288 Å². The highest BCUT2D eigenvalue weighted by Crippen LogP contribution is 2.29. The first-order chi connectivity index (χ1) is 24.0. The number of nitrogens with zero attached hydrogens (tertiary/aromatic N) is 4. The molecular formula is C34H38N4O12. The highest BCUT2D eigenvalue weighted by molar-refractivity contribution is 6.00. The summed E-state index contributed by atoms with van der Waals surface area (Å²) in [5.74, 6) is -1.72. The molecule has 2 fully saturated rings. The minimum absolute atomic E-state index is 0.126. The second-order valence-electron chi connectivity index (χ2n) is 10.9. The SMILES string of the molecule is COc1ccc(/C=C/C(=O)OCN2C(=O)CN(CCN3CC(=O)N(COC(=O)/C=C/c4ccc(OC)c(OC)c4)C(=O)C3)CC2=O)cc1OC. The fraction of sp³-hybridized carbons (Fsp3) is 0.353. The number of imide groups is 2. The summed E-state index contributed by atoms with van der Waals surface area (Å²) in [6.07, 6.45) is 5.32. The highest BCUT2D eigenvalue weighted by Gasteiger charge is 2.34. The standard InChI is InChI=1S/C34H38N4O12/c1-45-25-9-5-23(15-27(25)47-3)7-11-33(43)49-21-37-29(39)17-35(18-30(37)40)13-14-36-19-31(41)38(32(42)20-36)22-50-34(44)12-8-24-6-10-26(46-2)28(16-24)48-4/h5-12,15-16H,13-14,17-22H2,1-4H3/b11-7+,12-8+. The molecule has 16 nitrogen and oxygen atoms in total. The number of piperazine rings is 2. The Bertz CT molecular complexity index is 1520. The molecule has 0 N–H and O–H groups in total. The summed E-state index contributed by atoms with van der Waals surface area (Å²) < 4.78 is 31.1. The molecule has 0 aliphatic carbocycles. The van der Waals surface area contributed by atoms with E-state index >= 15 is 0 Å². The number of hydrogen-bond donors (Lipinski definition) is 0. The van der Waals surface area contributed by atoms with Crippen LogP contribution in [0.3, 0.4) is 0 Å². The molecule has 50 heavy (non-hydrogen) atoms. The average molecular weight is 695 g/mol. The lowest BCUT2D eigenvalue weighted by Crippen LogP contribution is -2.58. The van der Waals surface area contributed by atoms with E-state index in [9.17, 15) is 28.8 Å². The number of esters is 2. The van der Waals surface area contributed by atoms with Crippen molar-refractivity contribution in [1.82, 2.24) is 19.6 Å². The second-order valence-corrected chi connectivity index (χ2v) is 10.9. The average Bonchev–Trinajstić information content (AvgIpc) is 3.11. The van der Waals surface area contributed by atoms with Crippen molar-refractivity contribution in [2.24, 2.45) is 0 Å². The molecule has 0 atom stereocenters. The lowest BCUT2D eigenvalue weighted by atomic mass is 10.2. The van der Waals surface area contributed by atoms with Crippen molar-refractivity contribution >= 4 is 47.7 Å². The fourth-order valence-corrected chi connectivity index (χ4v) is 4.98. The molecule has 0 saturated carbocycles. The molecule has 16 heteroatoms. The molecule has 0 bridgehead atoms. The first-order valence-electron chi connectivity index (χ1n) is 15.3. The fourth-order valence-electron chi connectivity index (χ4n) is 4.98. The van der Waals surface area contributed by atoms with E-state index in [0.29, 0.717) is 34.1 Å². The number of amides is 4. The Balaban J connectivity index is 1.17. The van der Waals surface area contributed by atoms with Gasteiger partial charge in [0.1, 0.15) is 0 Å². The van der Waals surface area contributed by atoms with Gasteiger partial charge in [-0.3, -0.25) is 29.0 Å². The Morgan fingerprint density at radius 1 is 0.560 bits per heavy atom. The van der Waals surface area contributed by atoms with Gasteiger partial charge in [-0.25, -0.2) is 19.4 Å². The van der Waals surface area contributed by atoms with Crippen LogP contribution in [-0.2, 0) is 38.2 Å². The number of benzene rings is 2. The van der Waals surface area contributed by atoms with Gasteiger partial charge in [0.05, 0.1) is 54.6 Å². The van der Waals surface area contributed by atoms with Crippen molar-refractivity contribution in [1.29, 1.82) is 0 Å². The molecule has 0 radical (unpaired) electrons. The van der Waals surface area contributed by atoms with Gasteiger partial charge in [-0.1, -0.05) is 12.1 Å². The third-order valence-corrected chi connectivity index (χ3v) is 7.68. The van der Waals surface area contributed by atoms with Crippen molar-refractivity contribution in [2.45, 2.75) is 0 Å². The highest BCUT2D eigenvalue weighted by atomic mass is 16.6. The van der Waals surface area contributed by atoms with E-state index in [1.54, 1.807) is 46.2 Å². The van der Waals surface area contributed by atoms with E-state index in [0.717, 1.165) is 22.0 Å². The van der Waals surface area contributed by atoms with Crippen LogP contribution in [0.15, 0.2) is 48.6 Å². The summed E-state index contributed by atoms with van der Waals surface area (Å²) in [5, 5.41) is 0. The van der Waals surface area contributed by atoms with Gasteiger partial charge in [-0.2, -0.15) is 0 Å². The summed E-state index contributed by atoms with van der Waals surface area (Å²) in [6.45, 7) is -1.15. The third kappa shape index (κ3) is 9.90. The largest absolute Gasteiger partial charge is 0.493 e. The molecule has 2 saturated heterocycles. The van der Waals surface area contributed by atoms with E-state index in [4.69, 9.17) is 28.4 Å². The molecule has 2 aromatic carbocycles. The van der Waals surface area contributed by atoms with Crippen LogP contribution in [0.5, 0.6) is 23.0 Å². The van der Waals surface area contributed by atoms with Crippen molar-refractivity contribution in [3.63, 3.8) is 0 Å². The predicted molar refractivity (Wildman–Crippen MR) is 176 cm³/mol. The second kappa shape index (κ2) is 17.6. The van der Waals surface area contributed by atoms with Crippen LogP contribution in [0.4, 0.5) is 0 Å². The van der Waals surface area contributed by atoms with Crippen molar-refractivity contribution in [2.75, 3.05) is 81.2 Å². The number of ether oxygens (including phenoxy) is 6. The Kier molecular flexibility index (Phi) is 13.1. The first kappa shape index (κ1) is 37.1. The quantitative estimate of drug-likeness (QED) is 0.146. The van der Waals surface area contributed by atoms with Gasteiger partial charge in [-0.05, 0) is 47.5 Å². The molecular weight excluding hydrogens is 656 g/mol. The van der Waals surface area contributed by atoms with Crippen LogP contribution in [-0.4, -0.2) is 136 Å². The van der Waals surface area contributed by atoms with E-state index in [2.05, 4.69) is 0 Å². The third-order valence-electron chi connectivity index (χ3n) is 7.68. The summed E-state index contributed by atoms with van der Waals surface area (Å²) in [4.78, 5) is 80.1. The van der Waals surface area contributed by atoms with Crippen LogP contribution in [0.2, 0.25) is 0 Å². The smallest absolute Gasteiger partial charge is 0.332 e. The first-order valence-corrected chi connectivity index (χ1v) is 15.3. The van der Waals surface area contributed by atoms with Gasteiger partial charge >= 0.3 is 11.9 Å². The van der Waals surface area contributed by atoms with Crippen LogP contribution < -0.4 is 18.9 Å². The van der Waals surface area contributed by atoms with Gasteiger partial charge in [0.25, 0.3) is 0 Å². The van der Waals surface area contributed by atoms with E-state index in [1.165, 1.54) is 40.6 Å². The van der Waals surface area contributed by atoms with Crippen molar-refractivity contribution in [3.05, 3.63) is 59.7 Å².